The molecule has 0 atom stereocenters. The molecule has 0 N–H and O–H groups in total. The first-order valence-electron chi connectivity index (χ1n) is 14.4. The lowest BCUT2D eigenvalue weighted by Gasteiger charge is -2.24. The fourth-order valence-electron chi connectivity index (χ4n) is 5.13. The Morgan fingerprint density at radius 3 is 2.56 bits per heavy atom. The Morgan fingerprint density at radius 1 is 1.09 bits per heavy atom. The summed E-state index contributed by atoms with van der Waals surface area (Å²) >= 11 is 0. The molecule has 1 aliphatic heterocycles. The molecule has 5 rings (SSSR count). The van der Waals surface area contributed by atoms with Crippen LogP contribution in [0.1, 0.15) is 61.2 Å². The van der Waals surface area contributed by atoms with E-state index in [0.29, 0.717) is 34.9 Å². The fraction of sp³-hybridized carbons (Fsp3) is 0.452. The molecule has 0 radical (unpaired) electrons. The van der Waals surface area contributed by atoms with E-state index in [1.165, 1.54) is 17.0 Å². The lowest BCUT2D eigenvalue weighted by molar-refractivity contribution is 0.0280. The molecule has 4 aromatic rings. The summed E-state index contributed by atoms with van der Waals surface area (Å²) in [7, 11) is 3.46. The van der Waals surface area contributed by atoms with Crippen molar-refractivity contribution in [1.29, 1.82) is 0 Å². The number of benzene rings is 1. The molecule has 12 heteroatoms. The van der Waals surface area contributed by atoms with Crippen molar-refractivity contribution in [3.05, 3.63) is 65.1 Å². The third kappa shape index (κ3) is 6.63. The monoisotopic (exact) mass is 591 g/mol. The van der Waals surface area contributed by atoms with Gasteiger partial charge >= 0.3 is 6.09 Å². The molecule has 2 amide bonds. The summed E-state index contributed by atoms with van der Waals surface area (Å²) in [6.07, 6.45) is 3.81. The number of rotatable bonds is 8. The van der Waals surface area contributed by atoms with Crippen LogP contribution in [0.15, 0.2) is 36.5 Å². The van der Waals surface area contributed by atoms with Crippen LogP contribution < -0.4 is 4.74 Å². The highest BCUT2D eigenvalue weighted by atomic mass is 19.1. The van der Waals surface area contributed by atoms with E-state index in [1.54, 1.807) is 22.2 Å². The Labute approximate surface area is 250 Å². The van der Waals surface area contributed by atoms with Crippen LogP contribution in [-0.4, -0.2) is 78.5 Å². The van der Waals surface area contributed by atoms with Crippen molar-refractivity contribution in [3.8, 4) is 16.9 Å². The number of carbonyl (C=O) groups excluding carboxylic acids is 2. The van der Waals surface area contributed by atoms with E-state index in [4.69, 9.17) is 9.47 Å². The van der Waals surface area contributed by atoms with E-state index < -0.39 is 17.5 Å². The van der Waals surface area contributed by atoms with Gasteiger partial charge in [0.15, 0.2) is 17.2 Å². The lowest BCUT2D eigenvalue weighted by atomic mass is 10.1. The van der Waals surface area contributed by atoms with Gasteiger partial charge in [0.1, 0.15) is 17.2 Å². The quantitative estimate of drug-likeness (QED) is 0.290. The van der Waals surface area contributed by atoms with Gasteiger partial charge in [0.25, 0.3) is 5.91 Å². The summed E-state index contributed by atoms with van der Waals surface area (Å²) in [4.78, 5) is 28.9. The number of aromatic nitrogens is 5. The van der Waals surface area contributed by atoms with Crippen LogP contribution >= 0.6 is 0 Å². The summed E-state index contributed by atoms with van der Waals surface area (Å²) in [6.45, 7) is 9.25. The summed E-state index contributed by atoms with van der Waals surface area (Å²) in [5.74, 6) is 0.426. The highest BCUT2D eigenvalue weighted by molar-refractivity contribution is 5.94. The van der Waals surface area contributed by atoms with Crippen molar-refractivity contribution in [3.63, 3.8) is 0 Å². The number of amides is 2. The number of fused-ring (bicyclic) bond motifs is 1. The number of nitrogens with zero attached hydrogens (tertiary/aromatic N) is 7. The molecule has 1 saturated heterocycles. The van der Waals surface area contributed by atoms with Gasteiger partial charge in [0.2, 0.25) is 0 Å². The highest BCUT2D eigenvalue weighted by Gasteiger charge is 2.26. The number of ether oxygens (including phenoxy) is 2. The van der Waals surface area contributed by atoms with E-state index in [1.807, 2.05) is 58.0 Å². The number of aryl methyl sites for hydroxylation is 1. The second-order valence-electron chi connectivity index (χ2n) is 11.9. The third-order valence-corrected chi connectivity index (χ3v) is 7.47. The molecule has 0 unspecified atom stereocenters. The zero-order valence-corrected chi connectivity index (χ0v) is 25.6. The molecule has 0 spiro atoms. The molecular weight excluding hydrogens is 553 g/mol. The van der Waals surface area contributed by atoms with Crippen molar-refractivity contribution < 1.29 is 23.5 Å². The molecule has 3 aromatic heterocycles. The standard InChI is InChI=1S/C31H38FN7O4/c1-20-23(28(35-37(20)6)29(40)38-14-7-8-15-38)13-16-42-25-17-22(32)10-11-24(25)21-9-12-26-33-34-27(39(26)18-21)19-36(5)30(41)43-31(2,3)4/h9-12,17-18H,7-8,13-16,19H2,1-6H3. The smallest absolute Gasteiger partial charge is 0.410 e. The maximum absolute atomic E-state index is 14.4. The zero-order chi connectivity index (χ0) is 30.9. The average molecular weight is 592 g/mol. The molecule has 43 heavy (non-hydrogen) atoms. The number of hydrogen-bond acceptors (Lipinski definition) is 7. The molecule has 0 aliphatic carbocycles. The van der Waals surface area contributed by atoms with Crippen LogP contribution in [0.2, 0.25) is 0 Å². The predicted molar refractivity (Wildman–Crippen MR) is 158 cm³/mol. The second-order valence-corrected chi connectivity index (χ2v) is 11.9. The van der Waals surface area contributed by atoms with Crippen LogP contribution in [0.3, 0.4) is 0 Å². The minimum absolute atomic E-state index is 0.0574. The van der Waals surface area contributed by atoms with Crippen LogP contribution in [0.5, 0.6) is 5.75 Å². The molecule has 0 bridgehead atoms. The minimum Gasteiger partial charge on any atom is -0.492 e. The van der Waals surface area contributed by atoms with Gasteiger partial charge in [-0.3, -0.25) is 13.9 Å². The van der Waals surface area contributed by atoms with Gasteiger partial charge in [-0.05, 0) is 64.8 Å². The molecule has 228 valence electrons. The molecule has 11 nitrogen and oxygen atoms in total. The number of carbonyl (C=O) groups is 2. The predicted octanol–water partition coefficient (Wildman–Crippen LogP) is 4.80. The van der Waals surface area contributed by atoms with Crippen molar-refractivity contribution in [2.45, 2.75) is 59.1 Å². The Bertz CT molecular complexity index is 1650. The first-order chi connectivity index (χ1) is 20.4. The number of halogens is 1. The number of likely N-dealkylation sites (tertiary alicyclic amines) is 1. The first kappa shape index (κ1) is 30.0. The molecule has 4 heterocycles. The zero-order valence-electron chi connectivity index (χ0n) is 25.6. The van der Waals surface area contributed by atoms with Gasteiger partial charge in [0.05, 0.1) is 13.2 Å². The topological polar surface area (TPSA) is 107 Å². The summed E-state index contributed by atoms with van der Waals surface area (Å²) in [5, 5.41) is 13.0. The van der Waals surface area contributed by atoms with Crippen molar-refractivity contribution in [2.75, 3.05) is 26.7 Å². The van der Waals surface area contributed by atoms with Crippen LogP contribution in [0, 0.1) is 12.7 Å². The van der Waals surface area contributed by atoms with Crippen molar-refractivity contribution >= 4 is 17.6 Å². The highest BCUT2D eigenvalue weighted by Crippen LogP contribution is 2.32. The summed E-state index contributed by atoms with van der Waals surface area (Å²) < 4.78 is 29.5. The second kappa shape index (κ2) is 12.0. The van der Waals surface area contributed by atoms with E-state index in [9.17, 15) is 14.0 Å². The fourth-order valence-corrected chi connectivity index (χ4v) is 5.13. The van der Waals surface area contributed by atoms with Crippen LogP contribution in [0.4, 0.5) is 9.18 Å². The molecular formula is C31H38FN7O4. The molecule has 1 fully saturated rings. The number of hydrogen-bond donors (Lipinski definition) is 0. The Balaban J connectivity index is 1.36. The Kier molecular flexibility index (Phi) is 8.38. The van der Waals surface area contributed by atoms with E-state index in [0.717, 1.165) is 42.8 Å². The van der Waals surface area contributed by atoms with Gasteiger partial charge in [-0.15, -0.1) is 10.2 Å². The SMILES string of the molecule is Cc1c(CCOc2cc(F)ccc2-c2ccc3nnc(CN(C)C(=O)OC(C)(C)C)n3c2)c(C(=O)N2CCCC2)nn1C. The normalized spacial score (nSPS) is 13.5. The van der Waals surface area contributed by atoms with Crippen molar-refractivity contribution in [1.82, 2.24) is 34.2 Å². The van der Waals surface area contributed by atoms with E-state index in [-0.39, 0.29) is 19.1 Å². The summed E-state index contributed by atoms with van der Waals surface area (Å²) in [5.41, 5.74) is 3.60. The van der Waals surface area contributed by atoms with E-state index >= 15 is 0 Å². The minimum atomic E-state index is -0.620. The van der Waals surface area contributed by atoms with Gasteiger partial charge in [-0.1, -0.05) is 0 Å². The van der Waals surface area contributed by atoms with E-state index in [2.05, 4.69) is 15.3 Å². The van der Waals surface area contributed by atoms with Crippen LogP contribution in [0.25, 0.3) is 16.8 Å². The molecule has 0 saturated carbocycles. The van der Waals surface area contributed by atoms with Gasteiger partial charge < -0.3 is 19.3 Å². The van der Waals surface area contributed by atoms with Gasteiger partial charge in [-0.2, -0.15) is 5.10 Å². The van der Waals surface area contributed by atoms with Gasteiger partial charge in [0, 0.05) is 68.3 Å². The first-order valence-corrected chi connectivity index (χ1v) is 14.4. The average Bonchev–Trinajstić information content (AvgIpc) is 3.69. The van der Waals surface area contributed by atoms with Crippen molar-refractivity contribution in [2.24, 2.45) is 7.05 Å². The van der Waals surface area contributed by atoms with Gasteiger partial charge in [-0.25, -0.2) is 9.18 Å². The number of pyridine rings is 1. The molecule has 1 aromatic carbocycles. The maximum Gasteiger partial charge on any atom is 0.410 e. The Morgan fingerprint density at radius 2 is 1.84 bits per heavy atom. The lowest BCUT2D eigenvalue weighted by Crippen LogP contribution is -2.34. The maximum atomic E-state index is 14.4. The Hall–Kier alpha value is -4.48. The third-order valence-electron chi connectivity index (χ3n) is 7.47. The summed E-state index contributed by atoms with van der Waals surface area (Å²) in [6, 6.07) is 8.08. The largest absolute Gasteiger partial charge is 0.492 e. The molecule has 1 aliphatic rings. The van der Waals surface area contributed by atoms with Crippen LogP contribution in [-0.2, 0) is 24.8 Å².